The monoisotopic (exact) mass is 473 g/mol. The number of rotatable bonds is 7. The summed E-state index contributed by atoms with van der Waals surface area (Å²) < 4.78 is 41.6. The number of nitrogens with one attached hydrogen (secondary N) is 1. The number of halogens is 2. The largest absolute Gasteiger partial charge is 0.369 e. The van der Waals surface area contributed by atoms with Crippen molar-refractivity contribution in [3.63, 3.8) is 0 Å². The van der Waals surface area contributed by atoms with E-state index in [1.165, 1.54) is 24.3 Å². The van der Waals surface area contributed by atoms with Crippen LogP contribution in [0.3, 0.4) is 0 Å². The van der Waals surface area contributed by atoms with Gasteiger partial charge in [-0.2, -0.15) is 0 Å². The third kappa shape index (κ3) is 5.48. The number of hydrogen-bond acceptors (Lipinski definition) is 4. The number of sulfonamides is 1. The van der Waals surface area contributed by atoms with Crippen molar-refractivity contribution in [2.24, 2.45) is 0 Å². The van der Waals surface area contributed by atoms with Crippen molar-refractivity contribution in [2.45, 2.75) is 10.9 Å². The highest BCUT2D eigenvalue weighted by atomic mass is 35.5. The summed E-state index contributed by atoms with van der Waals surface area (Å²) in [6.07, 6.45) is 0. The molecule has 1 aliphatic rings. The molecule has 5 nitrogen and oxygen atoms in total. The number of piperazine rings is 1. The molecular weight excluding hydrogens is 449 g/mol. The molecule has 0 spiro atoms. The van der Waals surface area contributed by atoms with Gasteiger partial charge in [-0.15, -0.1) is 0 Å². The molecular formula is C24H25ClFN3O2S. The van der Waals surface area contributed by atoms with Crippen LogP contribution in [0, 0.1) is 5.82 Å². The Morgan fingerprint density at radius 3 is 2.12 bits per heavy atom. The van der Waals surface area contributed by atoms with Crippen molar-refractivity contribution in [2.75, 3.05) is 37.6 Å². The van der Waals surface area contributed by atoms with Crippen LogP contribution >= 0.6 is 11.6 Å². The second-order valence-electron chi connectivity index (χ2n) is 7.73. The summed E-state index contributed by atoms with van der Waals surface area (Å²) in [4.78, 5) is 4.70. The Bertz CT molecular complexity index is 1120. The van der Waals surface area contributed by atoms with Gasteiger partial charge in [0.25, 0.3) is 0 Å². The first-order valence-electron chi connectivity index (χ1n) is 10.5. The smallest absolute Gasteiger partial charge is 0.240 e. The van der Waals surface area contributed by atoms with E-state index in [1.54, 1.807) is 24.3 Å². The summed E-state index contributed by atoms with van der Waals surface area (Å²) >= 11 is 5.89. The molecule has 0 radical (unpaired) electrons. The van der Waals surface area contributed by atoms with E-state index in [0.29, 0.717) is 5.02 Å². The Morgan fingerprint density at radius 2 is 1.50 bits per heavy atom. The highest BCUT2D eigenvalue weighted by Crippen LogP contribution is 2.25. The molecule has 1 atom stereocenters. The molecule has 1 fully saturated rings. The molecule has 4 rings (SSSR count). The first-order chi connectivity index (χ1) is 15.4. The molecule has 0 bridgehead atoms. The van der Waals surface area contributed by atoms with Gasteiger partial charge in [0.1, 0.15) is 5.82 Å². The maximum Gasteiger partial charge on any atom is 0.240 e. The van der Waals surface area contributed by atoms with Crippen LogP contribution in [0.1, 0.15) is 11.6 Å². The first kappa shape index (κ1) is 22.7. The van der Waals surface area contributed by atoms with Crippen molar-refractivity contribution in [3.8, 4) is 0 Å². The van der Waals surface area contributed by atoms with Crippen molar-refractivity contribution in [1.82, 2.24) is 9.62 Å². The Morgan fingerprint density at radius 1 is 0.875 bits per heavy atom. The lowest BCUT2D eigenvalue weighted by Gasteiger charge is -2.40. The molecule has 1 heterocycles. The summed E-state index contributed by atoms with van der Waals surface area (Å²) in [7, 11) is -3.66. The summed E-state index contributed by atoms with van der Waals surface area (Å²) in [5, 5.41) is 0.491. The number of hydrogen-bond donors (Lipinski definition) is 1. The van der Waals surface area contributed by atoms with Gasteiger partial charge < -0.3 is 4.90 Å². The van der Waals surface area contributed by atoms with Gasteiger partial charge in [0, 0.05) is 49.5 Å². The Labute approximate surface area is 193 Å². The van der Waals surface area contributed by atoms with Crippen molar-refractivity contribution < 1.29 is 12.8 Å². The van der Waals surface area contributed by atoms with Crippen LogP contribution in [-0.4, -0.2) is 46.0 Å². The lowest BCUT2D eigenvalue weighted by Crippen LogP contribution is -2.49. The van der Waals surface area contributed by atoms with Crippen molar-refractivity contribution >= 4 is 27.3 Å². The third-order valence-electron chi connectivity index (χ3n) is 5.72. The predicted octanol–water partition coefficient (Wildman–Crippen LogP) is 4.32. The summed E-state index contributed by atoms with van der Waals surface area (Å²) in [5.41, 5.74) is 2.05. The van der Waals surface area contributed by atoms with Gasteiger partial charge in [0.15, 0.2) is 0 Å². The Balaban J connectivity index is 1.47. The Kier molecular flexibility index (Phi) is 7.10. The minimum Gasteiger partial charge on any atom is -0.369 e. The van der Waals surface area contributed by atoms with Gasteiger partial charge >= 0.3 is 0 Å². The predicted molar refractivity (Wildman–Crippen MR) is 126 cm³/mol. The van der Waals surface area contributed by atoms with E-state index < -0.39 is 10.0 Å². The van der Waals surface area contributed by atoms with E-state index in [1.807, 2.05) is 30.3 Å². The van der Waals surface area contributed by atoms with Gasteiger partial charge in [-0.1, -0.05) is 41.9 Å². The van der Waals surface area contributed by atoms with Crippen LogP contribution in [0.25, 0.3) is 0 Å². The molecule has 8 heteroatoms. The summed E-state index contributed by atoms with van der Waals surface area (Å²) in [6, 6.07) is 22.5. The molecule has 168 valence electrons. The fourth-order valence-corrected chi connectivity index (χ4v) is 5.13. The highest BCUT2D eigenvalue weighted by Gasteiger charge is 2.27. The van der Waals surface area contributed by atoms with Crippen LogP contribution < -0.4 is 9.62 Å². The average Bonchev–Trinajstić information content (AvgIpc) is 2.81. The molecule has 0 saturated carbocycles. The molecule has 1 unspecified atom stereocenters. The van der Waals surface area contributed by atoms with Crippen LogP contribution in [0.5, 0.6) is 0 Å². The molecule has 1 saturated heterocycles. The maximum absolute atomic E-state index is 13.2. The van der Waals surface area contributed by atoms with E-state index >= 15 is 0 Å². The van der Waals surface area contributed by atoms with E-state index in [-0.39, 0.29) is 23.3 Å². The van der Waals surface area contributed by atoms with Crippen LogP contribution in [0.15, 0.2) is 83.8 Å². The van der Waals surface area contributed by atoms with Crippen molar-refractivity contribution in [3.05, 3.63) is 95.3 Å². The van der Waals surface area contributed by atoms with Gasteiger partial charge in [0.2, 0.25) is 10.0 Å². The topological polar surface area (TPSA) is 52.7 Å². The summed E-state index contributed by atoms with van der Waals surface area (Å²) in [6.45, 7) is 3.34. The SMILES string of the molecule is O=S(=O)(NCC(c1ccccc1)N1CCN(c2ccc(F)cc2)CC1)c1ccc(Cl)cc1. The quantitative estimate of drug-likeness (QED) is 0.555. The molecule has 0 amide bonds. The Hall–Kier alpha value is -2.45. The van der Waals surface area contributed by atoms with E-state index in [4.69, 9.17) is 11.6 Å². The molecule has 1 N–H and O–H groups in total. The van der Waals surface area contributed by atoms with E-state index in [2.05, 4.69) is 14.5 Å². The van der Waals surface area contributed by atoms with Crippen molar-refractivity contribution in [1.29, 1.82) is 0 Å². The molecule has 0 aliphatic carbocycles. The second kappa shape index (κ2) is 10.0. The minimum absolute atomic E-state index is 0.103. The zero-order chi connectivity index (χ0) is 22.6. The number of anilines is 1. The molecule has 1 aliphatic heterocycles. The van der Waals surface area contributed by atoms with Gasteiger partial charge in [0.05, 0.1) is 4.90 Å². The minimum atomic E-state index is -3.66. The van der Waals surface area contributed by atoms with Crippen LogP contribution in [0.4, 0.5) is 10.1 Å². The fourth-order valence-electron chi connectivity index (χ4n) is 3.96. The highest BCUT2D eigenvalue weighted by molar-refractivity contribution is 7.89. The third-order valence-corrected chi connectivity index (χ3v) is 7.41. The summed E-state index contributed by atoms with van der Waals surface area (Å²) in [5.74, 6) is -0.246. The maximum atomic E-state index is 13.2. The fraction of sp³-hybridized carbons (Fsp3) is 0.250. The second-order valence-corrected chi connectivity index (χ2v) is 9.94. The molecule has 3 aromatic carbocycles. The van der Waals surface area contributed by atoms with Gasteiger partial charge in [-0.05, 0) is 54.1 Å². The van der Waals surface area contributed by atoms with Gasteiger partial charge in [-0.25, -0.2) is 17.5 Å². The zero-order valence-electron chi connectivity index (χ0n) is 17.5. The number of nitrogens with zero attached hydrogens (tertiary/aromatic N) is 2. The van der Waals surface area contributed by atoms with Crippen LogP contribution in [-0.2, 0) is 10.0 Å². The average molecular weight is 474 g/mol. The zero-order valence-corrected chi connectivity index (χ0v) is 19.1. The number of benzene rings is 3. The first-order valence-corrected chi connectivity index (χ1v) is 12.3. The van der Waals surface area contributed by atoms with Gasteiger partial charge in [-0.3, -0.25) is 4.90 Å². The lowest BCUT2D eigenvalue weighted by atomic mass is 10.0. The normalized spacial score (nSPS) is 16.1. The van der Waals surface area contributed by atoms with Crippen LogP contribution in [0.2, 0.25) is 5.02 Å². The lowest BCUT2D eigenvalue weighted by molar-refractivity contribution is 0.187. The molecule has 0 aromatic heterocycles. The van der Waals surface area contributed by atoms with E-state index in [9.17, 15) is 12.8 Å². The molecule has 32 heavy (non-hydrogen) atoms. The molecule has 3 aromatic rings. The standard InChI is InChI=1S/C24H25ClFN3O2S/c25-20-6-12-23(13-7-20)32(30,31)27-18-24(19-4-2-1-3-5-19)29-16-14-28(15-17-29)22-10-8-21(26)9-11-22/h1-13,24,27H,14-18H2. The van der Waals surface area contributed by atoms with E-state index in [0.717, 1.165) is 37.4 Å².